The first-order valence-corrected chi connectivity index (χ1v) is 6.36. The van der Waals surface area contributed by atoms with Gasteiger partial charge in [0.05, 0.1) is 18.4 Å². The molecule has 3 aromatic rings. The largest absolute Gasteiger partial charge is 0.505 e. The Labute approximate surface area is 117 Å². The molecular formula is C17H15NO2. The van der Waals surface area contributed by atoms with Gasteiger partial charge in [-0.1, -0.05) is 42.5 Å². The van der Waals surface area contributed by atoms with Crippen LogP contribution in [0.15, 0.2) is 54.6 Å². The van der Waals surface area contributed by atoms with E-state index in [0.29, 0.717) is 17.0 Å². The number of fused-ring (bicyclic) bond motifs is 1. The minimum absolute atomic E-state index is 0.0562. The van der Waals surface area contributed by atoms with Crippen LogP contribution in [0.4, 0.5) is 5.69 Å². The van der Waals surface area contributed by atoms with Crippen LogP contribution in [0.2, 0.25) is 0 Å². The number of phenols is 1. The number of nitrogen functional groups attached to an aromatic ring is 1. The molecule has 3 N–H and O–H groups in total. The van der Waals surface area contributed by atoms with Crippen molar-refractivity contribution in [3.05, 3.63) is 54.6 Å². The second-order valence-electron chi connectivity index (χ2n) is 4.61. The van der Waals surface area contributed by atoms with Gasteiger partial charge in [0, 0.05) is 0 Å². The summed E-state index contributed by atoms with van der Waals surface area (Å²) in [6.07, 6.45) is 0. The highest BCUT2D eigenvalue weighted by atomic mass is 16.5. The van der Waals surface area contributed by atoms with Crippen LogP contribution in [0.5, 0.6) is 11.5 Å². The van der Waals surface area contributed by atoms with Crippen molar-refractivity contribution in [2.45, 2.75) is 0 Å². The number of benzene rings is 3. The fourth-order valence-electron chi connectivity index (χ4n) is 2.46. The number of methoxy groups -OCH3 is 1. The zero-order chi connectivity index (χ0) is 14.1. The van der Waals surface area contributed by atoms with Crippen LogP contribution in [-0.4, -0.2) is 12.2 Å². The molecule has 20 heavy (non-hydrogen) atoms. The molecule has 0 spiro atoms. The third-order valence-electron chi connectivity index (χ3n) is 3.45. The van der Waals surface area contributed by atoms with Crippen molar-refractivity contribution >= 4 is 16.5 Å². The molecule has 3 rings (SSSR count). The molecule has 0 aromatic heterocycles. The maximum atomic E-state index is 10.3. The Hall–Kier alpha value is -2.68. The summed E-state index contributed by atoms with van der Waals surface area (Å²) in [7, 11) is 1.58. The lowest BCUT2D eigenvalue weighted by molar-refractivity contribution is 0.411. The first-order valence-electron chi connectivity index (χ1n) is 6.36. The first kappa shape index (κ1) is 12.4. The van der Waals surface area contributed by atoms with E-state index < -0.39 is 0 Å². The van der Waals surface area contributed by atoms with Gasteiger partial charge in [-0.2, -0.15) is 0 Å². The molecule has 0 heterocycles. The van der Waals surface area contributed by atoms with Crippen LogP contribution in [0.3, 0.4) is 0 Å². The van der Waals surface area contributed by atoms with Gasteiger partial charge in [-0.15, -0.1) is 0 Å². The molecular weight excluding hydrogens is 250 g/mol. The lowest BCUT2D eigenvalue weighted by Crippen LogP contribution is -1.93. The summed E-state index contributed by atoms with van der Waals surface area (Å²) >= 11 is 0. The van der Waals surface area contributed by atoms with E-state index in [2.05, 4.69) is 0 Å². The average Bonchev–Trinajstić information content (AvgIpc) is 2.49. The molecule has 3 aromatic carbocycles. The lowest BCUT2D eigenvalue weighted by Gasteiger charge is -2.14. The number of hydrogen-bond donors (Lipinski definition) is 2. The van der Waals surface area contributed by atoms with Crippen molar-refractivity contribution in [3.8, 4) is 22.6 Å². The summed E-state index contributed by atoms with van der Waals surface area (Å²) in [6.45, 7) is 0. The minimum atomic E-state index is 0.0562. The quantitative estimate of drug-likeness (QED) is 0.547. The number of anilines is 1. The van der Waals surface area contributed by atoms with E-state index in [1.807, 2.05) is 42.5 Å². The topological polar surface area (TPSA) is 55.5 Å². The number of nitrogens with two attached hydrogens (primary N) is 1. The maximum absolute atomic E-state index is 10.3. The van der Waals surface area contributed by atoms with E-state index in [-0.39, 0.29) is 5.75 Å². The summed E-state index contributed by atoms with van der Waals surface area (Å²) in [4.78, 5) is 0. The van der Waals surface area contributed by atoms with Crippen LogP contribution >= 0.6 is 0 Å². The van der Waals surface area contributed by atoms with Crippen molar-refractivity contribution in [1.82, 2.24) is 0 Å². The SMILES string of the molecule is COc1ccc(N)c(O)c1-c1cccc2ccccc12. The van der Waals surface area contributed by atoms with Crippen LogP contribution < -0.4 is 10.5 Å². The van der Waals surface area contributed by atoms with Gasteiger partial charge in [0.2, 0.25) is 0 Å². The van der Waals surface area contributed by atoms with E-state index in [1.54, 1.807) is 19.2 Å². The van der Waals surface area contributed by atoms with Crippen molar-refractivity contribution in [3.63, 3.8) is 0 Å². The molecule has 0 radical (unpaired) electrons. The third kappa shape index (κ3) is 1.84. The van der Waals surface area contributed by atoms with Crippen molar-refractivity contribution in [1.29, 1.82) is 0 Å². The summed E-state index contributed by atoms with van der Waals surface area (Å²) in [5.74, 6) is 0.661. The zero-order valence-electron chi connectivity index (χ0n) is 11.1. The Kier molecular flexibility index (Phi) is 2.95. The second kappa shape index (κ2) is 4.78. The van der Waals surface area contributed by atoms with Gasteiger partial charge < -0.3 is 15.6 Å². The molecule has 0 fully saturated rings. The van der Waals surface area contributed by atoms with Gasteiger partial charge in [0.1, 0.15) is 11.5 Å². The van der Waals surface area contributed by atoms with Crippen molar-refractivity contribution < 1.29 is 9.84 Å². The lowest BCUT2D eigenvalue weighted by atomic mass is 9.96. The smallest absolute Gasteiger partial charge is 0.150 e. The standard InChI is InChI=1S/C17H15NO2/c1-20-15-10-9-14(18)17(19)16(15)13-8-4-6-11-5-2-3-7-12(11)13/h2-10,19H,18H2,1H3. The monoisotopic (exact) mass is 265 g/mol. The molecule has 0 amide bonds. The number of phenolic OH excluding ortho intramolecular Hbond substituents is 1. The Morgan fingerprint density at radius 3 is 2.50 bits per heavy atom. The summed E-state index contributed by atoms with van der Waals surface area (Å²) in [5, 5.41) is 12.5. The zero-order valence-corrected chi connectivity index (χ0v) is 11.1. The highest BCUT2D eigenvalue weighted by molar-refractivity contribution is 6.00. The molecule has 100 valence electrons. The molecule has 0 saturated carbocycles. The highest BCUT2D eigenvalue weighted by Gasteiger charge is 2.15. The summed E-state index contributed by atoms with van der Waals surface area (Å²) in [5.41, 5.74) is 7.70. The molecule has 0 bridgehead atoms. The third-order valence-corrected chi connectivity index (χ3v) is 3.45. The number of aromatic hydroxyl groups is 1. The molecule has 3 heteroatoms. The molecule has 0 aliphatic rings. The van der Waals surface area contributed by atoms with Crippen LogP contribution in [-0.2, 0) is 0 Å². The van der Waals surface area contributed by atoms with Crippen LogP contribution in [0.25, 0.3) is 21.9 Å². The molecule has 0 aliphatic carbocycles. The average molecular weight is 265 g/mol. The van der Waals surface area contributed by atoms with Gasteiger partial charge in [-0.3, -0.25) is 0 Å². The van der Waals surface area contributed by atoms with Gasteiger partial charge in [0.15, 0.2) is 0 Å². The second-order valence-corrected chi connectivity index (χ2v) is 4.61. The van der Waals surface area contributed by atoms with E-state index >= 15 is 0 Å². The van der Waals surface area contributed by atoms with Gasteiger partial charge in [-0.25, -0.2) is 0 Å². The molecule has 0 saturated heterocycles. The van der Waals surface area contributed by atoms with Gasteiger partial charge in [-0.05, 0) is 28.5 Å². The maximum Gasteiger partial charge on any atom is 0.150 e. The number of hydrogen-bond acceptors (Lipinski definition) is 3. The molecule has 3 nitrogen and oxygen atoms in total. The van der Waals surface area contributed by atoms with E-state index in [9.17, 15) is 5.11 Å². The van der Waals surface area contributed by atoms with E-state index in [1.165, 1.54) is 0 Å². The van der Waals surface area contributed by atoms with Crippen LogP contribution in [0, 0.1) is 0 Å². The van der Waals surface area contributed by atoms with Crippen LogP contribution in [0.1, 0.15) is 0 Å². The Balaban J connectivity index is 2.39. The molecule has 0 unspecified atom stereocenters. The predicted octanol–water partition coefficient (Wildman–Crippen LogP) is 3.80. The Morgan fingerprint density at radius 2 is 1.70 bits per heavy atom. The summed E-state index contributed by atoms with van der Waals surface area (Å²) in [6, 6.07) is 17.4. The normalized spacial score (nSPS) is 10.7. The Morgan fingerprint density at radius 1 is 0.950 bits per heavy atom. The molecule has 0 atom stereocenters. The fourth-order valence-corrected chi connectivity index (χ4v) is 2.46. The van der Waals surface area contributed by atoms with E-state index in [4.69, 9.17) is 10.5 Å². The van der Waals surface area contributed by atoms with Gasteiger partial charge >= 0.3 is 0 Å². The number of rotatable bonds is 2. The molecule has 0 aliphatic heterocycles. The van der Waals surface area contributed by atoms with Gasteiger partial charge in [0.25, 0.3) is 0 Å². The summed E-state index contributed by atoms with van der Waals surface area (Å²) < 4.78 is 5.37. The number of ether oxygens (including phenoxy) is 1. The first-order chi connectivity index (χ1) is 9.72. The highest BCUT2D eigenvalue weighted by Crippen LogP contribution is 2.43. The van der Waals surface area contributed by atoms with Crippen molar-refractivity contribution in [2.75, 3.05) is 12.8 Å². The fraction of sp³-hybridized carbons (Fsp3) is 0.0588. The Bertz CT molecular complexity index is 776. The predicted molar refractivity (Wildman–Crippen MR) is 82.0 cm³/mol. The minimum Gasteiger partial charge on any atom is -0.505 e. The van der Waals surface area contributed by atoms with Crippen molar-refractivity contribution in [2.24, 2.45) is 0 Å². The van der Waals surface area contributed by atoms with E-state index in [0.717, 1.165) is 16.3 Å².